The summed E-state index contributed by atoms with van der Waals surface area (Å²) in [5.74, 6) is 1.86. The molecule has 0 saturated carbocycles. The molecule has 1 amide bonds. The molecule has 3 rings (SSSR count). The van der Waals surface area contributed by atoms with Gasteiger partial charge in [-0.25, -0.2) is 0 Å². The number of hydrogen-bond donors (Lipinski definition) is 2. The van der Waals surface area contributed by atoms with Crippen molar-refractivity contribution in [2.75, 3.05) is 41.8 Å². The monoisotopic (exact) mass is 468 g/mol. The molecule has 1 aliphatic heterocycles. The summed E-state index contributed by atoms with van der Waals surface area (Å²) < 4.78 is 38.4. The van der Waals surface area contributed by atoms with E-state index in [1.54, 1.807) is 0 Å². The Bertz CT molecular complexity index is 966. The van der Waals surface area contributed by atoms with E-state index in [2.05, 4.69) is 15.5 Å². The van der Waals surface area contributed by atoms with E-state index < -0.39 is 22.4 Å². The molecule has 0 aromatic heterocycles. The van der Waals surface area contributed by atoms with Crippen LogP contribution in [0.4, 0.5) is 30.2 Å². The normalized spacial score (nSPS) is 14.7. The molecule has 32 heavy (non-hydrogen) atoms. The second-order valence-electron chi connectivity index (χ2n) is 7.26. The van der Waals surface area contributed by atoms with Crippen molar-refractivity contribution in [1.82, 2.24) is 4.90 Å². The summed E-state index contributed by atoms with van der Waals surface area (Å²) in [7, 11) is 0. The SMILES string of the molecule is O=C(CCNc1ccc(C(F)(F)F)cc1[N+](=O)[O-])Nc1ccccc1CN1CCSCC1. The molecule has 172 valence electrons. The molecular formula is C21H23F3N4O3S. The first kappa shape index (κ1) is 23.9. The lowest BCUT2D eigenvalue weighted by Crippen LogP contribution is -2.32. The molecular weight excluding hydrogens is 445 g/mol. The molecule has 11 heteroatoms. The number of nitrogens with zero attached hydrogens (tertiary/aromatic N) is 2. The minimum atomic E-state index is -4.68. The quantitative estimate of drug-likeness (QED) is 0.435. The second kappa shape index (κ2) is 10.7. The van der Waals surface area contributed by atoms with Crippen molar-refractivity contribution in [2.24, 2.45) is 0 Å². The van der Waals surface area contributed by atoms with Crippen molar-refractivity contribution in [2.45, 2.75) is 19.1 Å². The number of amides is 1. The zero-order valence-electron chi connectivity index (χ0n) is 17.2. The van der Waals surface area contributed by atoms with Crippen LogP contribution in [-0.2, 0) is 17.5 Å². The third kappa shape index (κ3) is 6.60. The van der Waals surface area contributed by atoms with Gasteiger partial charge in [-0.05, 0) is 23.8 Å². The molecule has 0 aliphatic carbocycles. The molecule has 1 heterocycles. The number of nitro groups is 1. The van der Waals surface area contributed by atoms with Crippen molar-refractivity contribution in [3.63, 3.8) is 0 Å². The van der Waals surface area contributed by atoms with Crippen LogP contribution in [0.1, 0.15) is 17.5 Å². The van der Waals surface area contributed by atoms with E-state index in [0.29, 0.717) is 11.8 Å². The Hall–Kier alpha value is -2.79. The van der Waals surface area contributed by atoms with E-state index in [-0.39, 0.29) is 24.6 Å². The summed E-state index contributed by atoms with van der Waals surface area (Å²) in [6.07, 6.45) is -4.68. The van der Waals surface area contributed by atoms with E-state index >= 15 is 0 Å². The van der Waals surface area contributed by atoms with Crippen molar-refractivity contribution in [3.8, 4) is 0 Å². The molecule has 0 unspecified atom stereocenters. The van der Waals surface area contributed by atoms with E-state index in [1.807, 2.05) is 36.0 Å². The van der Waals surface area contributed by atoms with E-state index in [1.165, 1.54) is 0 Å². The van der Waals surface area contributed by atoms with Gasteiger partial charge in [0.15, 0.2) is 0 Å². The average Bonchev–Trinajstić information content (AvgIpc) is 2.75. The summed E-state index contributed by atoms with van der Waals surface area (Å²) in [4.78, 5) is 25.0. The minimum Gasteiger partial charge on any atom is -0.379 e. The fourth-order valence-corrected chi connectivity index (χ4v) is 4.29. The van der Waals surface area contributed by atoms with E-state index in [4.69, 9.17) is 0 Å². The third-order valence-electron chi connectivity index (χ3n) is 4.98. The van der Waals surface area contributed by atoms with Crippen LogP contribution in [0.15, 0.2) is 42.5 Å². The molecule has 0 spiro atoms. The number of para-hydroxylation sites is 1. The number of carbonyl (C=O) groups excluding carboxylic acids is 1. The van der Waals surface area contributed by atoms with Crippen LogP contribution in [-0.4, -0.2) is 46.9 Å². The molecule has 1 fully saturated rings. The van der Waals surface area contributed by atoms with Gasteiger partial charge in [-0.2, -0.15) is 24.9 Å². The standard InChI is InChI=1S/C21H23F3N4O3S/c22-21(23,24)16-5-6-18(19(13-16)28(30)31)25-8-7-20(29)26-17-4-2-1-3-15(17)14-27-9-11-32-12-10-27/h1-6,13,25H,7-12,14H2,(H,26,29). The highest BCUT2D eigenvalue weighted by Gasteiger charge is 2.33. The molecule has 0 bridgehead atoms. The predicted octanol–water partition coefficient (Wildman–Crippen LogP) is 4.60. The van der Waals surface area contributed by atoms with Crippen LogP contribution in [0.2, 0.25) is 0 Å². The summed E-state index contributed by atoms with van der Waals surface area (Å²) in [5, 5.41) is 16.7. The Labute approximate surface area is 187 Å². The van der Waals surface area contributed by atoms with Gasteiger partial charge in [-0.3, -0.25) is 19.8 Å². The van der Waals surface area contributed by atoms with Gasteiger partial charge in [0.05, 0.1) is 10.5 Å². The maximum Gasteiger partial charge on any atom is 0.416 e. The van der Waals surface area contributed by atoms with Gasteiger partial charge in [0.2, 0.25) is 5.91 Å². The number of nitrogens with one attached hydrogen (secondary N) is 2. The first-order valence-corrected chi connectivity index (χ1v) is 11.2. The number of thioether (sulfide) groups is 1. The second-order valence-corrected chi connectivity index (χ2v) is 8.48. The molecule has 2 N–H and O–H groups in total. The average molecular weight is 469 g/mol. The summed E-state index contributed by atoms with van der Waals surface area (Å²) in [6.45, 7) is 2.74. The molecule has 1 aliphatic rings. The van der Waals surface area contributed by atoms with E-state index in [0.717, 1.165) is 48.8 Å². The van der Waals surface area contributed by atoms with Gasteiger partial charge >= 0.3 is 6.18 Å². The van der Waals surface area contributed by atoms with Gasteiger partial charge in [0.1, 0.15) is 5.69 Å². The number of rotatable bonds is 8. The molecule has 2 aromatic rings. The first-order valence-electron chi connectivity index (χ1n) is 10.0. The molecule has 2 aromatic carbocycles. The van der Waals surface area contributed by atoms with Crippen LogP contribution < -0.4 is 10.6 Å². The van der Waals surface area contributed by atoms with Gasteiger partial charge in [-0.15, -0.1) is 0 Å². The number of benzene rings is 2. The van der Waals surface area contributed by atoms with Gasteiger partial charge in [0.25, 0.3) is 5.69 Å². The number of hydrogen-bond acceptors (Lipinski definition) is 6. The van der Waals surface area contributed by atoms with Crippen molar-refractivity contribution >= 4 is 34.7 Å². The van der Waals surface area contributed by atoms with Crippen LogP contribution in [0.25, 0.3) is 0 Å². The number of alkyl halides is 3. The van der Waals surface area contributed by atoms with Crippen molar-refractivity contribution in [1.29, 1.82) is 0 Å². The zero-order valence-corrected chi connectivity index (χ0v) is 18.0. The van der Waals surface area contributed by atoms with Crippen LogP contribution in [0, 0.1) is 10.1 Å². The van der Waals surface area contributed by atoms with Crippen molar-refractivity contribution < 1.29 is 22.9 Å². The maximum absolute atomic E-state index is 12.8. The lowest BCUT2D eigenvalue weighted by molar-refractivity contribution is -0.384. The van der Waals surface area contributed by atoms with E-state index in [9.17, 15) is 28.1 Å². The fraction of sp³-hybridized carbons (Fsp3) is 0.381. The lowest BCUT2D eigenvalue weighted by atomic mass is 10.1. The highest BCUT2D eigenvalue weighted by Crippen LogP contribution is 2.35. The molecule has 7 nitrogen and oxygen atoms in total. The molecule has 0 radical (unpaired) electrons. The fourth-order valence-electron chi connectivity index (χ4n) is 3.31. The first-order chi connectivity index (χ1) is 15.2. The molecule has 0 atom stereocenters. The Morgan fingerprint density at radius 3 is 2.53 bits per heavy atom. The summed E-state index contributed by atoms with van der Waals surface area (Å²) in [5.41, 5.74) is -0.156. The Morgan fingerprint density at radius 1 is 1.12 bits per heavy atom. The van der Waals surface area contributed by atoms with Crippen molar-refractivity contribution in [3.05, 3.63) is 63.7 Å². The Balaban J connectivity index is 1.57. The summed E-state index contributed by atoms with van der Waals surface area (Å²) in [6, 6.07) is 9.78. The highest BCUT2D eigenvalue weighted by molar-refractivity contribution is 7.99. The smallest absolute Gasteiger partial charge is 0.379 e. The van der Waals surface area contributed by atoms with Crippen LogP contribution >= 0.6 is 11.8 Å². The number of nitro benzene ring substituents is 1. The Morgan fingerprint density at radius 2 is 1.84 bits per heavy atom. The van der Waals surface area contributed by atoms with Crippen LogP contribution in [0.3, 0.4) is 0 Å². The minimum absolute atomic E-state index is 0.00708. The number of halogens is 3. The predicted molar refractivity (Wildman–Crippen MR) is 119 cm³/mol. The topological polar surface area (TPSA) is 87.5 Å². The molecule has 1 saturated heterocycles. The summed E-state index contributed by atoms with van der Waals surface area (Å²) >= 11 is 1.92. The lowest BCUT2D eigenvalue weighted by Gasteiger charge is -2.27. The zero-order chi connectivity index (χ0) is 23.1. The van der Waals surface area contributed by atoms with Gasteiger partial charge < -0.3 is 10.6 Å². The number of anilines is 2. The Kier molecular flexibility index (Phi) is 7.97. The van der Waals surface area contributed by atoms with Gasteiger partial charge in [-0.1, -0.05) is 18.2 Å². The maximum atomic E-state index is 12.8. The number of carbonyl (C=O) groups is 1. The largest absolute Gasteiger partial charge is 0.416 e. The highest BCUT2D eigenvalue weighted by atomic mass is 32.2. The van der Waals surface area contributed by atoms with Gasteiger partial charge in [0, 0.05) is 55.9 Å². The third-order valence-corrected chi connectivity index (χ3v) is 5.92. The van der Waals surface area contributed by atoms with Crippen LogP contribution in [0.5, 0.6) is 0 Å².